The van der Waals surface area contributed by atoms with Crippen molar-refractivity contribution in [3.63, 3.8) is 0 Å². The molecule has 1 N–H and O–H groups in total. The zero-order chi connectivity index (χ0) is 23.3. The summed E-state index contributed by atoms with van der Waals surface area (Å²) in [5.74, 6) is -0.104. The van der Waals surface area contributed by atoms with E-state index in [2.05, 4.69) is 6.92 Å². The monoisotopic (exact) mass is 451 g/mol. The van der Waals surface area contributed by atoms with Gasteiger partial charge in [-0.3, -0.25) is 4.79 Å². The Balaban J connectivity index is 1.50. The number of hydrogen-bond acceptors (Lipinski definition) is 4. The van der Waals surface area contributed by atoms with Gasteiger partial charge in [-0.2, -0.15) is 5.06 Å². The van der Waals surface area contributed by atoms with Gasteiger partial charge in [0.05, 0.1) is 12.1 Å². The first kappa shape index (κ1) is 25.5. The molecule has 180 valence electrons. The number of hydrogen-bond donors (Lipinski definition) is 1. The first-order valence-corrected chi connectivity index (χ1v) is 13.0. The van der Waals surface area contributed by atoms with Crippen molar-refractivity contribution in [2.75, 3.05) is 0 Å². The van der Waals surface area contributed by atoms with Crippen molar-refractivity contribution in [1.29, 1.82) is 0 Å². The van der Waals surface area contributed by atoms with Crippen LogP contribution >= 0.6 is 0 Å². The minimum Gasteiger partial charge on any atom is -0.462 e. The molecule has 2 atom stereocenters. The minimum absolute atomic E-state index is 0.104. The molecule has 1 saturated heterocycles. The van der Waals surface area contributed by atoms with Gasteiger partial charge in [-0.1, -0.05) is 119 Å². The lowest BCUT2D eigenvalue weighted by atomic mass is 9.87. The van der Waals surface area contributed by atoms with E-state index in [4.69, 9.17) is 4.74 Å². The number of hydroxylamine groups is 2. The normalized spacial score (nSPS) is 21.1. The third-order valence-electron chi connectivity index (χ3n) is 6.76. The molecule has 2 aromatic rings. The summed E-state index contributed by atoms with van der Waals surface area (Å²) in [6.07, 6.45) is 12.6. The third-order valence-corrected chi connectivity index (χ3v) is 6.76. The molecule has 2 unspecified atom stereocenters. The second kappa shape index (κ2) is 14.2. The fourth-order valence-electron chi connectivity index (χ4n) is 4.88. The molecule has 4 nitrogen and oxygen atoms in total. The number of piperidine rings is 1. The van der Waals surface area contributed by atoms with Crippen LogP contribution in [0, 0.1) is 0 Å². The highest BCUT2D eigenvalue weighted by Gasteiger charge is 2.38. The molecule has 0 aromatic heterocycles. The number of ether oxygens (including phenoxy) is 1. The molecule has 0 saturated carbocycles. The molecule has 0 radical (unpaired) electrons. The summed E-state index contributed by atoms with van der Waals surface area (Å²) in [5.41, 5.74) is 2.08. The fraction of sp³-hybridized carbons (Fsp3) is 0.552. The van der Waals surface area contributed by atoms with E-state index in [9.17, 15) is 10.0 Å². The Morgan fingerprint density at radius 2 is 1.24 bits per heavy atom. The van der Waals surface area contributed by atoms with Crippen molar-refractivity contribution >= 4 is 5.97 Å². The summed E-state index contributed by atoms with van der Waals surface area (Å²) >= 11 is 0. The van der Waals surface area contributed by atoms with E-state index in [1.165, 1.54) is 50.0 Å². The average molecular weight is 452 g/mol. The van der Waals surface area contributed by atoms with Crippen molar-refractivity contribution in [3.8, 4) is 0 Å². The number of unbranched alkanes of at least 4 members (excludes halogenated alkanes) is 8. The molecule has 1 heterocycles. The van der Waals surface area contributed by atoms with Gasteiger partial charge in [-0.05, 0) is 17.5 Å². The molecule has 1 aliphatic rings. The van der Waals surface area contributed by atoms with Crippen LogP contribution in [0.15, 0.2) is 60.7 Å². The number of carbonyl (C=O) groups is 1. The smallest absolute Gasteiger partial charge is 0.306 e. The van der Waals surface area contributed by atoms with Crippen LogP contribution in [0.3, 0.4) is 0 Å². The molecule has 0 bridgehead atoms. The molecular formula is C29H41NO3. The van der Waals surface area contributed by atoms with E-state index in [0.29, 0.717) is 19.3 Å². The number of rotatable bonds is 13. The molecular weight excluding hydrogens is 410 g/mol. The Bertz CT molecular complexity index is 746. The number of esters is 1. The molecule has 33 heavy (non-hydrogen) atoms. The van der Waals surface area contributed by atoms with E-state index in [1.54, 1.807) is 0 Å². The lowest BCUT2D eigenvalue weighted by molar-refractivity contribution is -0.206. The lowest BCUT2D eigenvalue weighted by Crippen LogP contribution is -2.40. The van der Waals surface area contributed by atoms with Gasteiger partial charge in [-0.15, -0.1) is 0 Å². The van der Waals surface area contributed by atoms with Gasteiger partial charge in [0.2, 0.25) is 0 Å². The second-order valence-electron chi connectivity index (χ2n) is 9.39. The second-order valence-corrected chi connectivity index (χ2v) is 9.39. The largest absolute Gasteiger partial charge is 0.462 e. The van der Waals surface area contributed by atoms with Gasteiger partial charge in [0.15, 0.2) is 0 Å². The molecule has 1 aliphatic heterocycles. The first-order valence-electron chi connectivity index (χ1n) is 13.0. The highest BCUT2D eigenvalue weighted by Crippen LogP contribution is 2.41. The summed E-state index contributed by atoms with van der Waals surface area (Å²) in [4.78, 5) is 12.6. The number of carbonyl (C=O) groups excluding carboxylic acids is 1. The van der Waals surface area contributed by atoms with Gasteiger partial charge < -0.3 is 9.94 Å². The van der Waals surface area contributed by atoms with E-state index >= 15 is 0 Å². The summed E-state index contributed by atoms with van der Waals surface area (Å²) in [5, 5.41) is 12.5. The fourth-order valence-corrected chi connectivity index (χ4v) is 4.88. The molecule has 0 spiro atoms. The van der Waals surface area contributed by atoms with Crippen LogP contribution < -0.4 is 0 Å². The Hall–Kier alpha value is -2.17. The van der Waals surface area contributed by atoms with E-state index < -0.39 is 0 Å². The Labute approximate surface area is 199 Å². The van der Waals surface area contributed by atoms with Crippen LogP contribution in [0.5, 0.6) is 0 Å². The predicted molar refractivity (Wildman–Crippen MR) is 133 cm³/mol. The highest BCUT2D eigenvalue weighted by atomic mass is 16.5. The van der Waals surface area contributed by atoms with E-state index in [1.807, 2.05) is 60.7 Å². The maximum atomic E-state index is 12.6. The lowest BCUT2D eigenvalue weighted by Gasteiger charge is -2.41. The quantitative estimate of drug-likeness (QED) is 0.249. The summed E-state index contributed by atoms with van der Waals surface area (Å²) in [7, 11) is 0. The molecule has 1 fully saturated rings. The topological polar surface area (TPSA) is 49.8 Å². The summed E-state index contributed by atoms with van der Waals surface area (Å²) < 4.78 is 5.94. The zero-order valence-electron chi connectivity index (χ0n) is 20.2. The molecule has 0 amide bonds. The minimum atomic E-state index is -0.199. The number of nitrogens with zero attached hydrogens (tertiary/aromatic N) is 1. The average Bonchev–Trinajstić information content (AvgIpc) is 2.85. The summed E-state index contributed by atoms with van der Waals surface area (Å²) in [6.45, 7) is 2.25. The van der Waals surface area contributed by atoms with Crippen molar-refractivity contribution in [1.82, 2.24) is 5.06 Å². The molecule has 2 aromatic carbocycles. The van der Waals surface area contributed by atoms with Gasteiger partial charge >= 0.3 is 5.97 Å². The molecule has 3 rings (SSSR count). The predicted octanol–water partition coefficient (Wildman–Crippen LogP) is 7.79. The van der Waals surface area contributed by atoms with Crippen LogP contribution in [0.1, 0.15) is 107 Å². The first-order chi connectivity index (χ1) is 16.2. The van der Waals surface area contributed by atoms with Crippen molar-refractivity contribution in [3.05, 3.63) is 71.8 Å². The van der Waals surface area contributed by atoms with Gasteiger partial charge in [0.1, 0.15) is 6.10 Å². The maximum Gasteiger partial charge on any atom is 0.306 e. The van der Waals surface area contributed by atoms with E-state index in [0.717, 1.165) is 24.0 Å². The van der Waals surface area contributed by atoms with Crippen molar-refractivity contribution in [2.45, 2.75) is 102 Å². The van der Waals surface area contributed by atoms with E-state index in [-0.39, 0.29) is 24.2 Å². The van der Waals surface area contributed by atoms with Crippen molar-refractivity contribution in [2.24, 2.45) is 0 Å². The standard InChI is InChI=1S/C29H41NO3/c1-2-3-4-5-6-7-8-9-16-21-29(31)33-26-22-27(24-17-12-10-13-18-24)30(32)28(23-26)25-19-14-11-15-20-25/h10-15,17-20,26-28,32H,2-9,16,21-23H2,1H3. The Morgan fingerprint density at radius 3 is 1.73 bits per heavy atom. The zero-order valence-corrected chi connectivity index (χ0v) is 20.2. The van der Waals surface area contributed by atoms with Crippen LogP contribution in [0.4, 0.5) is 0 Å². The van der Waals surface area contributed by atoms with Gasteiger partial charge in [0.25, 0.3) is 0 Å². The molecule has 4 heteroatoms. The van der Waals surface area contributed by atoms with Crippen LogP contribution in [-0.4, -0.2) is 22.3 Å². The van der Waals surface area contributed by atoms with Gasteiger partial charge in [-0.25, -0.2) is 0 Å². The maximum absolute atomic E-state index is 12.6. The highest BCUT2D eigenvalue weighted by molar-refractivity contribution is 5.69. The van der Waals surface area contributed by atoms with Crippen LogP contribution in [-0.2, 0) is 9.53 Å². The van der Waals surface area contributed by atoms with Crippen molar-refractivity contribution < 1.29 is 14.7 Å². The Morgan fingerprint density at radius 1 is 0.788 bits per heavy atom. The SMILES string of the molecule is CCCCCCCCCCCC(=O)OC1CC(c2ccccc2)N(O)C(c2ccccc2)C1. The van der Waals surface area contributed by atoms with Gasteiger partial charge in [0, 0.05) is 19.3 Å². The van der Waals surface area contributed by atoms with Crippen LogP contribution in [0.25, 0.3) is 0 Å². The van der Waals surface area contributed by atoms with Crippen LogP contribution in [0.2, 0.25) is 0 Å². The number of benzene rings is 2. The summed E-state index contributed by atoms with van der Waals surface area (Å²) in [6, 6.07) is 19.6. The third kappa shape index (κ3) is 8.28. The Kier molecular flexibility index (Phi) is 10.9. The molecule has 0 aliphatic carbocycles.